The minimum Gasteiger partial charge on any atom is -0.497 e. The molecule has 2 aromatic carbocycles. The van der Waals surface area contributed by atoms with Crippen LogP contribution in [0.15, 0.2) is 41.5 Å². The topological polar surface area (TPSA) is 127 Å². The smallest absolute Gasteiger partial charge is 0.329 e. The second kappa shape index (κ2) is 12.2. The van der Waals surface area contributed by atoms with E-state index in [9.17, 15) is 14.4 Å². The Kier molecular flexibility index (Phi) is 9.08. The molecule has 0 heterocycles. The number of nitrogens with one attached hydrogen (secondary N) is 3. The first kappa shape index (κ1) is 25.3. The molecule has 1 fully saturated rings. The van der Waals surface area contributed by atoms with Crippen molar-refractivity contribution in [1.29, 1.82) is 0 Å². The summed E-state index contributed by atoms with van der Waals surface area (Å²) < 4.78 is 17.2. The lowest BCUT2D eigenvalue weighted by Crippen LogP contribution is -2.38. The zero-order valence-electron chi connectivity index (χ0n) is 18.7. The molecule has 0 radical (unpaired) electrons. The predicted octanol–water partition coefficient (Wildman–Crippen LogP) is 2.44. The van der Waals surface area contributed by atoms with Crippen molar-refractivity contribution in [2.75, 3.05) is 25.6 Å². The number of anilines is 1. The third-order valence-corrected chi connectivity index (χ3v) is 5.35. The lowest BCUT2D eigenvalue weighted by Gasteiger charge is -2.14. The fourth-order valence-corrected chi connectivity index (χ4v) is 3.55. The van der Waals surface area contributed by atoms with Gasteiger partial charge in [0, 0.05) is 11.7 Å². The highest BCUT2D eigenvalue weighted by molar-refractivity contribution is 14.1. The summed E-state index contributed by atoms with van der Waals surface area (Å²) >= 11 is 2.06. The Labute approximate surface area is 210 Å². The van der Waals surface area contributed by atoms with Gasteiger partial charge in [-0.15, -0.1) is 0 Å². The van der Waals surface area contributed by atoms with Crippen molar-refractivity contribution in [3.05, 3.63) is 45.5 Å². The maximum absolute atomic E-state index is 12.3. The van der Waals surface area contributed by atoms with Crippen molar-refractivity contribution in [3.8, 4) is 17.2 Å². The number of amides is 3. The first-order valence-electron chi connectivity index (χ1n) is 10.6. The minimum absolute atomic E-state index is 0.0865. The highest BCUT2D eigenvalue weighted by Crippen LogP contribution is 2.34. The lowest BCUT2D eigenvalue weighted by molar-refractivity contribution is -0.139. The third-order valence-electron chi connectivity index (χ3n) is 4.55. The van der Waals surface area contributed by atoms with Crippen LogP contribution in [0.5, 0.6) is 17.2 Å². The zero-order chi connectivity index (χ0) is 24.5. The van der Waals surface area contributed by atoms with Crippen molar-refractivity contribution in [2.24, 2.45) is 5.10 Å². The molecule has 0 bridgehead atoms. The van der Waals surface area contributed by atoms with E-state index in [4.69, 9.17) is 14.2 Å². The van der Waals surface area contributed by atoms with Crippen LogP contribution >= 0.6 is 22.6 Å². The second-order valence-corrected chi connectivity index (χ2v) is 8.44. The van der Waals surface area contributed by atoms with Crippen LogP contribution in [0.3, 0.4) is 0 Å². The number of hydrogen-bond acceptors (Lipinski definition) is 7. The standard InChI is InChI=1S/C23H25IN4O6/c1-3-33-19-11-14(12-25-28-23(31)22(30)27-16-4-5-16)10-18(24)21(19)34-13-20(29)26-15-6-8-17(32-2)9-7-15/h6-12,16H,3-5,13H2,1-2H3,(H,26,29)(H,27,30)(H,28,31)/b25-12-. The van der Waals surface area contributed by atoms with Gasteiger partial charge in [0.2, 0.25) is 0 Å². The molecule has 3 N–H and O–H groups in total. The predicted molar refractivity (Wildman–Crippen MR) is 134 cm³/mol. The molecule has 0 aliphatic heterocycles. The highest BCUT2D eigenvalue weighted by atomic mass is 127. The van der Waals surface area contributed by atoms with Gasteiger partial charge in [0.05, 0.1) is 23.5 Å². The van der Waals surface area contributed by atoms with E-state index in [-0.39, 0.29) is 18.6 Å². The van der Waals surface area contributed by atoms with Crippen molar-refractivity contribution < 1.29 is 28.6 Å². The van der Waals surface area contributed by atoms with Crippen LogP contribution in [0.4, 0.5) is 5.69 Å². The molecule has 34 heavy (non-hydrogen) atoms. The number of hydrogen-bond donors (Lipinski definition) is 3. The summed E-state index contributed by atoms with van der Waals surface area (Å²) in [6, 6.07) is 10.5. The Morgan fingerprint density at radius 3 is 2.50 bits per heavy atom. The number of carbonyl (C=O) groups excluding carboxylic acids is 3. The number of nitrogens with zero attached hydrogens (tertiary/aromatic N) is 1. The van der Waals surface area contributed by atoms with Crippen LogP contribution in [0.25, 0.3) is 0 Å². The summed E-state index contributed by atoms with van der Waals surface area (Å²) in [6.45, 7) is 1.98. The van der Waals surface area contributed by atoms with Gasteiger partial charge in [0.15, 0.2) is 18.1 Å². The van der Waals surface area contributed by atoms with Gasteiger partial charge >= 0.3 is 11.8 Å². The number of hydrazone groups is 1. The van der Waals surface area contributed by atoms with Crippen LogP contribution in [0.1, 0.15) is 25.3 Å². The van der Waals surface area contributed by atoms with Crippen molar-refractivity contribution in [2.45, 2.75) is 25.8 Å². The normalized spacial score (nSPS) is 12.7. The fraction of sp³-hybridized carbons (Fsp3) is 0.304. The van der Waals surface area contributed by atoms with Gasteiger partial charge in [0.25, 0.3) is 5.91 Å². The Morgan fingerprint density at radius 2 is 1.85 bits per heavy atom. The van der Waals surface area contributed by atoms with Crippen molar-refractivity contribution >= 4 is 52.2 Å². The quantitative estimate of drug-likeness (QED) is 0.172. The first-order chi connectivity index (χ1) is 16.4. The molecule has 10 nitrogen and oxygen atoms in total. The third kappa shape index (κ3) is 7.61. The summed E-state index contributed by atoms with van der Waals surface area (Å²) in [5.41, 5.74) is 3.44. The molecule has 0 unspecified atom stereocenters. The first-order valence-corrected chi connectivity index (χ1v) is 11.6. The summed E-state index contributed by atoms with van der Waals surface area (Å²) in [5.74, 6) is -0.342. The molecule has 2 aromatic rings. The van der Waals surface area contributed by atoms with Crippen LogP contribution in [-0.4, -0.2) is 50.3 Å². The number of rotatable bonds is 10. The summed E-state index contributed by atoms with van der Waals surface area (Å²) in [6.07, 6.45) is 3.17. The van der Waals surface area contributed by atoms with E-state index in [1.165, 1.54) is 6.21 Å². The molecule has 11 heteroatoms. The van der Waals surface area contributed by atoms with E-state index >= 15 is 0 Å². The van der Waals surface area contributed by atoms with Gasteiger partial charge in [-0.3, -0.25) is 14.4 Å². The minimum atomic E-state index is -0.828. The average molecular weight is 580 g/mol. The van der Waals surface area contributed by atoms with E-state index in [2.05, 4.69) is 43.8 Å². The second-order valence-electron chi connectivity index (χ2n) is 7.28. The van der Waals surface area contributed by atoms with Gasteiger partial charge in [0.1, 0.15) is 5.75 Å². The van der Waals surface area contributed by atoms with Gasteiger partial charge in [-0.05, 0) is 84.3 Å². The molecule has 0 atom stereocenters. The monoisotopic (exact) mass is 580 g/mol. The van der Waals surface area contributed by atoms with Crippen LogP contribution < -0.4 is 30.3 Å². The van der Waals surface area contributed by atoms with Gasteiger partial charge in [-0.1, -0.05) is 0 Å². The molecule has 0 spiro atoms. The number of benzene rings is 2. The highest BCUT2D eigenvalue weighted by Gasteiger charge is 2.26. The molecule has 0 aromatic heterocycles. The van der Waals surface area contributed by atoms with E-state index in [1.807, 2.05) is 6.92 Å². The van der Waals surface area contributed by atoms with Crippen molar-refractivity contribution in [1.82, 2.24) is 10.7 Å². The molecule has 3 rings (SSSR count). The maximum Gasteiger partial charge on any atom is 0.329 e. The van der Waals surface area contributed by atoms with Gasteiger partial charge in [-0.2, -0.15) is 5.10 Å². The Morgan fingerprint density at radius 1 is 1.12 bits per heavy atom. The van der Waals surface area contributed by atoms with Gasteiger partial charge in [-0.25, -0.2) is 5.43 Å². The molecule has 1 aliphatic carbocycles. The van der Waals surface area contributed by atoms with E-state index in [0.717, 1.165) is 12.8 Å². The average Bonchev–Trinajstić information content (AvgIpc) is 3.63. The molecule has 1 saturated carbocycles. The molecule has 0 saturated heterocycles. The lowest BCUT2D eigenvalue weighted by atomic mass is 10.2. The Balaban J connectivity index is 1.60. The van der Waals surface area contributed by atoms with Gasteiger partial charge < -0.3 is 24.8 Å². The fourth-order valence-electron chi connectivity index (χ4n) is 2.77. The zero-order valence-corrected chi connectivity index (χ0v) is 20.9. The molecular formula is C23H25IN4O6. The molecule has 1 aliphatic rings. The SMILES string of the molecule is CCOc1cc(/C=N\NC(=O)C(=O)NC2CC2)cc(I)c1OCC(=O)Nc1ccc(OC)cc1. The molecular weight excluding hydrogens is 555 g/mol. The van der Waals surface area contributed by atoms with Crippen LogP contribution in [0.2, 0.25) is 0 Å². The van der Waals surface area contributed by atoms with E-state index < -0.39 is 11.8 Å². The van der Waals surface area contributed by atoms with Crippen molar-refractivity contribution in [3.63, 3.8) is 0 Å². The van der Waals surface area contributed by atoms with E-state index in [1.54, 1.807) is 43.5 Å². The van der Waals surface area contributed by atoms with E-state index in [0.29, 0.717) is 38.7 Å². The Hall–Kier alpha value is -3.35. The number of ether oxygens (including phenoxy) is 3. The number of carbonyl (C=O) groups is 3. The Bertz CT molecular complexity index is 1070. The summed E-state index contributed by atoms with van der Waals surface area (Å²) in [5, 5.41) is 9.18. The number of halogens is 1. The summed E-state index contributed by atoms with van der Waals surface area (Å²) in [7, 11) is 1.57. The molecule has 180 valence electrons. The van der Waals surface area contributed by atoms with Crippen LogP contribution in [0, 0.1) is 3.57 Å². The largest absolute Gasteiger partial charge is 0.497 e. The maximum atomic E-state index is 12.3. The molecule has 3 amide bonds. The summed E-state index contributed by atoms with van der Waals surface area (Å²) in [4.78, 5) is 35.8. The van der Waals surface area contributed by atoms with Crippen LogP contribution in [-0.2, 0) is 14.4 Å². The number of methoxy groups -OCH3 is 1.